The predicted molar refractivity (Wildman–Crippen MR) is 79.3 cm³/mol. The molecule has 0 saturated heterocycles. The molecule has 0 bridgehead atoms. The molecule has 114 valence electrons. The molecule has 1 amide bonds. The van der Waals surface area contributed by atoms with Crippen molar-refractivity contribution in [1.29, 1.82) is 0 Å². The Bertz CT molecular complexity index is 756. The first-order valence-electron chi connectivity index (χ1n) is 6.89. The zero-order chi connectivity index (χ0) is 15.5. The van der Waals surface area contributed by atoms with Gasteiger partial charge in [-0.1, -0.05) is 0 Å². The van der Waals surface area contributed by atoms with Gasteiger partial charge in [-0.15, -0.1) is 0 Å². The fourth-order valence-corrected chi connectivity index (χ4v) is 2.14. The maximum absolute atomic E-state index is 12.3. The van der Waals surface area contributed by atoms with Crippen molar-refractivity contribution in [3.63, 3.8) is 0 Å². The average Bonchev–Trinajstić information content (AvgIpc) is 2.54. The van der Waals surface area contributed by atoms with Crippen molar-refractivity contribution in [2.45, 2.75) is 13.0 Å². The predicted octanol–water partition coefficient (Wildman–Crippen LogP) is 1.21. The number of benzene rings is 1. The van der Waals surface area contributed by atoms with Crippen molar-refractivity contribution < 1.29 is 14.3 Å². The van der Waals surface area contributed by atoms with E-state index in [9.17, 15) is 9.59 Å². The first-order valence-corrected chi connectivity index (χ1v) is 6.89. The van der Waals surface area contributed by atoms with E-state index in [4.69, 9.17) is 9.47 Å². The SMILES string of the molecule is CC(C(=O)Nc1ccc2c(c1)OCCO2)n1ncccc1=O. The molecule has 1 N–H and O–H groups in total. The van der Waals surface area contributed by atoms with E-state index in [-0.39, 0.29) is 11.5 Å². The second kappa shape index (κ2) is 5.88. The number of aromatic nitrogens is 2. The van der Waals surface area contributed by atoms with E-state index in [1.807, 2.05) is 0 Å². The minimum atomic E-state index is -0.720. The number of nitrogens with one attached hydrogen (secondary N) is 1. The van der Waals surface area contributed by atoms with Crippen LogP contribution in [0.2, 0.25) is 0 Å². The van der Waals surface area contributed by atoms with Gasteiger partial charge in [-0.3, -0.25) is 9.59 Å². The Kier molecular flexibility index (Phi) is 3.78. The Labute approximate surface area is 126 Å². The summed E-state index contributed by atoms with van der Waals surface area (Å²) in [6.07, 6.45) is 1.47. The molecule has 1 unspecified atom stereocenters. The highest BCUT2D eigenvalue weighted by molar-refractivity contribution is 5.93. The monoisotopic (exact) mass is 301 g/mol. The molecule has 7 heteroatoms. The lowest BCUT2D eigenvalue weighted by Gasteiger charge is -2.19. The lowest BCUT2D eigenvalue weighted by molar-refractivity contribution is -0.119. The second-order valence-corrected chi connectivity index (χ2v) is 4.83. The first kappa shape index (κ1) is 14.1. The van der Waals surface area contributed by atoms with Gasteiger partial charge in [0.2, 0.25) is 5.91 Å². The third kappa shape index (κ3) is 2.78. The van der Waals surface area contributed by atoms with Crippen molar-refractivity contribution >= 4 is 11.6 Å². The quantitative estimate of drug-likeness (QED) is 0.921. The number of anilines is 1. The topological polar surface area (TPSA) is 82.4 Å². The smallest absolute Gasteiger partial charge is 0.267 e. The minimum Gasteiger partial charge on any atom is -0.486 e. The van der Waals surface area contributed by atoms with E-state index in [1.54, 1.807) is 25.1 Å². The highest BCUT2D eigenvalue weighted by atomic mass is 16.6. The summed E-state index contributed by atoms with van der Waals surface area (Å²) in [5, 5.41) is 6.65. The number of hydrogen-bond acceptors (Lipinski definition) is 5. The lowest BCUT2D eigenvalue weighted by atomic mass is 10.2. The van der Waals surface area contributed by atoms with Gasteiger partial charge in [-0.25, -0.2) is 4.68 Å². The molecule has 1 aliphatic rings. The van der Waals surface area contributed by atoms with Gasteiger partial charge in [0.1, 0.15) is 19.3 Å². The molecule has 2 aromatic rings. The minimum absolute atomic E-state index is 0.327. The standard InChI is InChI=1S/C15H15N3O4/c1-10(18-14(19)3-2-6-16-18)15(20)17-11-4-5-12-13(9-11)22-8-7-21-12/h2-6,9-10H,7-8H2,1H3,(H,17,20). The van der Waals surface area contributed by atoms with Crippen molar-refractivity contribution in [1.82, 2.24) is 9.78 Å². The molecule has 7 nitrogen and oxygen atoms in total. The Morgan fingerprint density at radius 1 is 1.27 bits per heavy atom. The van der Waals surface area contributed by atoms with Crippen LogP contribution in [0.4, 0.5) is 5.69 Å². The van der Waals surface area contributed by atoms with Crippen LogP contribution in [0.3, 0.4) is 0 Å². The third-order valence-electron chi connectivity index (χ3n) is 3.30. The maximum Gasteiger partial charge on any atom is 0.267 e. The normalized spacial score (nSPS) is 14.2. The Balaban J connectivity index is 1.77. The van der Waals surface area contributed by atoms with Crippen LogP contribution in [0.5, 0.6) is 11.5 Å². The number of nitrogens with zero attached hydrogens (tertiary/aromatic N) is 2. The molecule has 1 aliphatic heterocycles. The Morgan fingerprint density at radius 3 is 2.82 bits per heavy atom. The number of rotatable bonds is 3. The summed E-state index contributed by atoms with van der Waals surface area (Å²) in [5.41, 5.74) is 0.248. The van der Waals surface area contributed by atoms with E-state index in [0.717, 1.165) is 4.68 Å². The third-order valence-corrected chi connectivity index (χ3v) is 3.30. The summed E-state index contributed by atoms with van der Waals surface area (Å²) in [7, 11) is 0. The average molecular weight is 301 g/mol. The van der Waals surface area contributed by atoms with Crippen LogP contribution in [0, 0.1) is 0 Å². The number of amides is 1. The number of fused-ring (bicyclic) bond motifs is 1. The molecule has 1 aromatic carbocycles. The second-order valence-electron chi connectivity index (χ2n) is 4.83. The van der Waals surface area contributed by atoms with Crippen LogP contribution in [0.15, 0.2) is 41.3 Å². The fraction of sp³-hybridized carbons (Fsp3) is 0.267. The van der Waals surface area contributed by atoms with Crippen LogP contribution in [-0.4, -0.2) is 28.9 Å². The molecule has 0 radical (unpaired) electrons. The van der Waals surface area contributed by atoms with Crippen LogP contribution < -0.4 is 20.3 Å². The van der Waals surface area contributed by atoms with Gasteiger partial charge in [-0.2, -0.15) is 5.10 Å². The zero-order valence-corrected chi connectivity index (χ0v) is 12.0. The molecule has 0 fully saturated rings. The summed E-state index contributed by atoms with van der Waals surface area (Å²) < 4.78 is 12.0. The molecule has 0 saturated carbocycles. The Hall–Kier alpha value is -2.83. The van der Waals surface area contributed by atoms with Crippen molar-refractivity contribution in [2.24, 2.45) is 0 Å². The zero-order valence-electron chi connectivity index (χ0n) is 12.0. The van der Waals surface area contributed by atoms with Gasteiger partial charge in [0.15, 0.2) is 11.5 Å². The van der Waals surface area contributed by atoms with E-state index in [0.29, 0.717) is 30.4 Å². The van der Waals surface area contributed by atoms with E-state index >= 15 is 0 Å². The molecular formula is C15H15N3O4. The highest BCUT2D eigenvalue weighted by Gasteiger charge is 2.18. The van der Waals surface area contributed by atoms with E-state index in [2.05, 4.69) is 10.4 Å². The summed E-state index contributed by atoms with van der Waals surface area (Å²) in [5.74, 6) is 0.905. The van der Waals surface area contributed by atoms with Crippen LogP contribution in [0.1, 0.15) is 13.0 Å². The van der Waals surface area contributed by atoms with Gasteiger partial charge in [0, 0.05) is 24.0 Å². The summed E-state index contributed by atoms with van der Waals surface area (Å²) in [6, 6.07) is 7.33. The number of carbonyl (C=O) groups is 1. The summed E-state index contributed by atoms with van der Waals surface area (Å²) >= 11 is 0. The van der Waals surface area contributed by atoms with Gasteiger partial charge in [0.25, 0.3) is 5.56 Å². The van der Waals surface area contributed by atoms with Gasteiger partial charge < -0.3 is 14.8 Å². The highest BCUT2D eigenvalue weighted by Crippen LogP contribution is 2.32. The maximum atomic E-state index is 12.3. The first-order chi connectivity index (χ1) is 10.6. The van der Waals surface area contributed by atoms with Gasteiger partial charge in [-0.05, 0) is 25.1 Å². The molecule has 22 heavy (non-hydrogen) atoms. The number of hydrogen-bond donors (Lipinski definition) is 1. The molecular weight excluding hydrogens is 286 g/mol. The largest absolute Gasteiger partial charge is 0.486 e. The molecule has 0 spiro atoms. The van der Waals surface area contributed by atoms with E-state index in [1.165, 1.54) is 18.3 Å². The summed E-state index contributed by atoms with van der Waals surface area (Å²) in [6.45, 7) is 2.60. The van der Waals surface area contributed by atoms with E-state index < -0.39 is 6.04 Å². The van der Waals surface area contributed by atoms with Crippen molar-refractivity contribution in [3.8, 4) is 11.5 Å². The van der Waals surface area contributed by atoms with Crippen LogP contribution in [0.25, 0.3) is 0 Å². The summed E-state index contributed by atoms with van der Waals surface area (Å²) in [4.78, 5) is 23.9. The fourth-order valence-electron chi connectivity index (χ4n) is 2.14. The van der Waals surface area contributed by atoms with Gasteiger partial charge in [0.05, 0.1) is 0 Å². The Morgan fingerprint density at radius 2 is 2.05 bits per heavy atom. The molecule has 0 aliphatic carbocycles. The molecule has 1 atom stereocenters. The number of ether oxygens (including phenoxy) is 2. The van der Waals surface area contributed by atoms with Crippen molar-refractivity contribution in [2.75, 3.05) is 18.5 Å². The van der Waals surface area contributed by atoms with Gasteiger partial charge >= 0.3 is 0 Å². The molecule has 1 aromatic heterocycles. The molecule has 2 heterocycles. The molecule has 3 rings (SSSR count). The van der Waals surface area contributed by atoms with Crippen molar-refractivity contribution in [3.05, 3.63) is 46.9 Å². The van der Waals surface area contributed by atoms with Crippen LogP contribution >= 0.6 is 0 Å². The number of carbonyl (C=O) groups excluding carboxylic acids is 1. The lowest BCUT2D eigenvalue weighted by Crippen LogP contribution is -2.32. The van der Waals surface area contributed by atoms with Crippen LogP contribution in [-0.2, 0) is 4.79 Å².